The van der Waals surface area contributed by atoms with E-state index in [0.717, 1.165) is 32.2 Å². The van der Waals surface area contributed by atoms with Gasteiger partial charge in [0.1, 0.15) is 0 Å². The number of pyridine rings is 1. The number of aryl methyl sites for hydroxylation is 2. The summed E-state index contributed by atoms with van der Waals surface area (Å²) in [7, 11) is -4.94. The van der Waals surface area contributed by atoms with Gasteiger partial charge in [-0.2, -0.15) is 4.57 Å². The molecule has 2 aliphatic carbocycles. The molecule has 4 aromatic carbocycles. The third-order valence-electron chi connectivity index (χ3n) is 7.79. The third kappa shape index (κ3) is 5.30. The first-order valence-corrected chi connectivity index (χ1v) is 14.6. The van der Waals surface area contributed by atoms with Gasteiger partial charge in [-0.25, -0.2) is 18.6 Å². The monoisotopic (exact) mass is 549 g/mol. The van der Waals surface area contributed by atoms with Crippen LogP contribution >= 0.6 is 0 Å². The molecule has 0 saturated carbocycles. The molecular formula is C34H28ClNO4. The van der Waals surface area contributed by atoms with Crippen molar-refractivity contribution >= 4 is 0 Å². The molecule has 5 nitrogen and oxygen atoms in total. The van der Waals surface area contributed by atoms with Crippen LogP contribution < -0.4 is 23.2 Å². The molecule has 0 radical (unpaired) electrons. The first-order chi connectivity index (χ1) is 19.4. The summed E-state index contributed by atoms with van der Waals surface area (Å²) in [5, 5.41) is 0. The highest BCUT2D eigenvalue weighted by atomic mass is 35.7. The Kier molecular flexibility index (Phi) is 7.24. The quantitative estimate of drug-likeness (QED) is 0.323. The number of fused-ring (bicyclic) bond motifs is 6. The van der Waals surface area contributed by atoms with E-state index in [1.807, 2.05) is 0 Å². The van der Waals surface area contributed by atoms with Gasteiger partial charge < -0.3 is 0 Å². The van der Waals surface area contributed by atoms with Crippen LogP contribution in [-0.4, -0.2) is 0 Å². The zero-order valence-corrected chi connectivity index (χ0v) is 22.6. The standard InChI is InChI=1S/C34H28N.ClHO4/c1-3-11-24(12-4-1)23-35-33-28-17-9-7-13-25(28)19-21-30(33)32(27-15-5-2-6-16-27)31-22-20-26-14-8-10-18-29(26)34(31)35;2-1(3,4)5/h1-18H,19-23H2;(H,2,3,4,5)/q+1;/p-1. The Morgan fingerprint density at radius 3 is 1.45 bits per heavy atom. The third-order valence-corrected chi connectivity index (χ3v) is 7.79. The Labute approximate surface area is 236 Å². The van der Waals surface area contributed by atoms with Crippen LogP contribution in [0.3, 0.4) is 0 Å². The summed E-state index contributed by atoms with van der Waals surface area (Å²) in [6.45, 7) is 0.878. The molecule has 0 N–H and O–H groups in total. The summed E-state index contributed by atoms with van der Waals surface area (Å²) in [5.74, 6) is 0. The molecule has 0 saturated heterocycles. The van der Waals surface area contributed by atoms with E-state index in [0.29, 0.717) is 0 Å². The minimum Gasteiger partial charge on any atom is -0.222 e. The van der Waals surface area contributed by atoms with Crippen molar-refractivity contribution in [1.29, 1.82) is 0 Å². The summed E-state index contributed by atoms with van der Waals surface area (Å²) in [6.07, 6.45) is 4.37. The summed E-state index contributed by atoms with van der Waals surface area (Å²) in [5.41, 5.74) is 15.7. The number of aromatic nitrogens is 1. The maximum Gasteiger partial charge on any atom is 0.217 e. The summed E-state index contributed by atoms with van der Waals surface area (Å²) in [6, 6.07) is 40.2. The van der Waals surface area contributed by atoms with Crippen LogP contribution in [0, 0.1) is 10.2 Å². The molecular weight excluding hydrogens is 522 g/mol. The van der Waals surface area contributed by atoms with E-state index in [1.165, 1.54) is 61.5 Å². The van der Waals surface area contributed by atoms with Gasteiger partial charge in [0.25, 0.3) is 0 Å². The molecule has 200 valence electrons. The van der Waals surface area contributed by atoms with Crippen LogP contribution in [0.2, 0.25) is 0 Å². The molecule has 7 rings (SSSR count). The van der Waals surface area contributed by atoms with E-state index in [4.69, 9.17) is 18.6 Å². The number of hydrogen-bond acceptors (Lipinski definition) is 4. The van der Waals surface area contributed by atoms with E-state index in [1.54, 1.807) is 0 Å². The van der Waals surface area contributed by atoms with E-state index in [2.05, 4.69) is 114 Å². The molecule has 1 aromatic heterocycles. The molecule has 0 spiro atoms. The lowest BCUT2D eigenvalue weighted by Gasteiger charge is -2.28. The van der Waals surface area contributed by atoms with Crippen LogP contribution in [0.15, 0.2) is 109 Å². The Morgan fingerprint density at radius 2 is 0.950 bits per heavy atom. The predicted molar refractivity (Wildman–Crippen MR) is 143 cm³/mol. The van der Waals surface area contributed by atoms with Gasteiger partial charge in [0.2, 0.25) is 11.4 Å². The van der Waals surface area contributed by atoms with Crippen LogP contribution in [0.5, 0.6) is 0 Å². The lowest BCUT2D eigenvalue weighted by atomic mass is 9.77. The average molecular weight is 550 g/mol. The second kappa shape index (κ2) is 11.0. The SMILES string of the molecule is [O-][Cl+3]([O-])([O-])[O-].c1ccc(C[n+]2c3c(c(-c4ccccc4)c4c2-c2ccccc2CC4)CCc2ccccc2-3)cc1. The summed E-state index contributed by atoms with van der Waals surface area (Å²) >= 11 is 0. The van der Waals surface area contributed by atoms with Crippen LogP contribution in [0.1, 0.15) is 27.8 Å². The number of rotatable bonds is 3. The highest BCUT2D eigenvalue weighted by Gasteiger charge is 2.37. The molecule has 1 heterocycles. The molecule has 2 aliphatic rings. The molecule has 0 amide bonds. The van der Waals surface area contributed by atoms with Gasteiger partial charge in [-0.1, -0.05) is 97.1 Å². The van der Waals surface area contributed by atoms with Crippen molar-refractivity contribution in [2.45, 2.75) is 32.2 Å². The van der Waals surface area contributed by atoms with Gasteiger partial charge in [0, 0.05) is 33.4 Å². The Bertz CT molecular complexity index is 1580. The highest BCUT2D eigenvalue weighted by Crippen LogP contribution is 2.44. The summed E-state index contributed by atoms with van der Waals surface area (Å²) in [4.78, 5) is 0. The van der Waals surface area contributed by atoms with E-state index < -0.39 is 10.2 Å². The zero-order valence-electron chi connectivity index (χ0n) is 21.9. The molecule has 5 aromatic rings. The van der Waals surface area contributed by atoms with Crippen molar-refractivity contribution in [3.63, 3.8) is 0 Å². The van der Waals surface area contributed by atoms with Crippen LogP contribution in [-0.2, 0) is 32.2 Å². The van der Waals surface area contributed by atoms with Crippen molar-refractivity contribution in [3.8, 4) is 33.6 Å². The van der Waals surface area contributed by atoms with Gasteiger partial charge in [-0.3, -0.25) is 0 Å². The first-order valence-electron chi connectivity index (χ1n) is 13.4. The van der Waals surface area contributed by atoms with Crippen molar-refractivity contribution < 1.29 is 33.4 Å². The fourth-order valence-corrected chi connectivity index (χ4v) is 6.29. The molecule has 6 heteroatoms. The average Bonchev–Trinajstić information content (AvgIpc) is 2.96. The van der Waals surface area contributed by atoms with Crippen LogP contribution in [0.4, 0.5) is 0 Å². The molecule has 0 aliphatic heterocycles. The van der Waals surface area contributed by atoms with Crippen LogP contribution in [0.25, 0.3) is 33.6 Å². The van der Waals surface area contributed by atoms with Gasteiger partial charge >= 0.3 is 0 Å². The van der Waals surface area contributed by atoms with Gasteiger partial charge in [0.05, 0.1) is 0 Å². The lowest BCUT2D eigenvalue weighted by Crippen LogP contribution is -2.68. The van der Waals surface area contributed by atoms with Crippen molar-refractivity contribution in [1.82, 2.24) is 0 Å². The Morgan fingerprint density at radius 1 is 0.525 bits per heavy atom. The van der Waals surface area contributed by atoms with Crippen molar-refractivity contribution in [2.75, 3.05) is 0 Å². The summed E-state index contributed by atoms with van der Waals surface area (Å²) < 4.78 is 36.6. The maximum absolute atomic E-state index is 8.49. The highest BCUT2D eigenvalue weighted by molar-refractivity contribution is 5.85. The van der Waals surface area contributed by atoms with Crippen molar-refractivity contribution in [3.05, 3.63) is 137 Å². The normalized spacial score (nSPS) is 13.2. The fraction of sp³-hybridized carbons (Fsp3) is 0.147. The van der Waals surface area contributed by atoms with E-state index >= 15 is 0 Å². The smallest absolute Gasteiger partial charge is 0.217 e. The zero-order chi connectivity index (χ0) is 27.7. The number of nitrogens with zero attached hydrogens (tertiary/aromatic N) is 1. The molecule has 40 heavy (non-hydrogen) atoms. The maximum atomic E-state index is 8.49. The van der Waals surface area contributed by atoms with E-state index in [9.17, 15) is 0 Å². The van der Waals surface area contributed by atoms with Gasteiger partial charge in [0.15, 0.2) is 6.54 Å². The van der Waals surface area contributed by atoms with Crippen molar-refractivity contribution in [2.24, 2.45) is 0 Å². The topological polar surface area (TPSA) is 96.1 Å². The van der Waals surface area contributed by atoms with E-state index in [-0.39, 0.29) is 0 Å². The number of halogens is 1. The molecule has 0 unspecified atom stereocenters. The molecule has 0 fully saturated rings. The van der Waals surface area contributed by atoms with Gasteiger partial charge in [-0.15, -0.1) is 10.2 Å². The minimum absolute atomic E-state index is 0.878. The first kappa shape index (κ1) is 26.4. The number of hydrogen-bond donors (Lipinski definition) is 0. The minimum atomic E-state index is -4.94. The second-order valence-corrected chi connectivity index (χ2v) is 10.9. The Balaban J connectivity index is 0.000000534. The number of benzene rings is 4. The predicted octanol–water partition coefficient (Wildman–Crippen LogP) is 2.46. The lowest BCUT2D eigenvalue weighted by molar-refractivity contribution is -2.00. The largest absolute Gasteiger partial charge is 0.222 e. The second-order valence-electron chi connectivity index (χ2n) is 10.2. The Hall–Kier alpha value is -3.84. The fourth-order valence-electron chi connectivity index (χ4n) is 6.29. The molecule has 0 bridgehead atoms. The molecule has 0 atom stereocenters. The van der Waals surface area contributed by atoms with Gasteiger partial charge in [-0.05, 0) is 54.5 Å².